The zero-order valence-corrected chi connectivity index (χ0v) is 7.43. The van der Waals surface area contributed by atoms with E-state index in [9.17, 15) is 8.42 Å². The molecule has 3 nitrogen and oxygen atoms in total. The highest BCUT2D eigenvalue weighted by atomic mass is 32.2. The van der Waals surface area contributed by atoms with Crippen molar-refractivity contribution in [1.82, 2.24) is 4.90 Å². The number of allylic oxidation sites excluding steroid dienone is 1. The number of nitrogens with zero attached hydrogens (tertiary/aromatic N) is 1. The minimum atomic E-state index is -3.03. The van der Waals surface area contributed by atoms with Crippen LogP contribution in [0.5, 0.6) is 0 Å². The molecule has 0 aromatic heterocycles. The lowest BCUT2D eigenvalue weighted by atomic mass is 10.4. The summed E-state index contributed by atoms with van der Waals surface area (Å²) in [6.45, 7) is 0.777. The summed E-state index contributed by atoms with van der Waals surface area (Å²) in [6.07, 6.45) is 6.31. The van der Waals surface area contributed by atoms with E-state index >= 15 is 0 Å². The minimum absolute atomic E-state index is 0.381. The van der Waals surface area contributed by atoms with Gasteiger partial charge in [-0.05, 0) is 6.08 Å². The van der Waals surface area contributed by atoms with Crippen LogP contribution in [0.15, 0.2) is 23.3 Å². The molecule has 1 aliphatic rings. The summed E-state index contributed by atoms with van der Waals surface area (Å²) in [5.41, 5.74) is 0. The Morgan fingerprint density at radius 1 is 1.55 bits per heavy atom. The maximum Gasteiger partial charge on any atom is 0.176 e. The Labute approximate surface area is 66.9 Å². The third-order valence-corrected chi connectivity index (χ3v) is 2.55. The Kier molecular flexibility index (Phi) is 2.04. The van der Waals surface area contributed by atoms with Crippen molar-refractivity contribution in [3.05, 3.63) is 23.3 Å². The lowest BCUT2D eigenvalue weighted by Crippen LogP contribution is -2.16. The SMILES string of the molecule is CN1C=C(S(C)(=O)=O)C=CC1. The largest absolute Gasteiger partial charge is 0.376 e. The zero-order chi connectivity index (χ0) is 8.48. The van der Waals surface area contributed by atoms with Crippen molar-refractivity contribution in [2.24, 2.45) is 0 Å². The maximum absolute atomic E-state index is 11.0. The first-order valence-corrected chi connectivity index (χ1v) is 5.18. The van der Waals surface area contributed by atoms with Crippen LogP contribution in [0.3, 0.4) is 0 Å². The normalized spacial score (nSPS) is 18.4. The summed E-state index contributed by atoms with van der Waals surface area (Å²) in [4.78, 5) is 2.21. The van der Waals surface area contributed by atoms with Gasteiger partial charge in [-0.25, -0.2) is 8.42 Å². The van der Waals surface area contributed by atoms with Gasteiger partial charge in [-0.3, -0.25) is 0 Å². The fourth-order valence-corrected chi connectivity index (χ4v) is 1.58. The number of likely N-dealkylation sites (N-methyl/N-ethyl adjacent to an activating group) is 1. The molecule has 0 saturated heterocycles. The van der Waals surface area contributed by atoms with E-state index in [1.165, 1.54) is 6.26 Å². The fraction of sp³-hybridized carbons (Fsp3) is 0.429. The third-order valence-electron chi connectivity index (χ3n) is 1.45. The molecule has 0 fully saturated rings. The van der Waals surface area contributed by atoms with Gasteiger partial charge in [-0.15, -0.1) is 0 Å². The van der Waals surface area contributed by atoms with E-state index in [1.54, 1.807) is 12.3 Å². The van der Waals surface area contributed by atoms with Crippen LogP contribution in [0.4, 0.5) is 0 Å². The van der Waals surface area contributed by atoms with Crippen LogP contribution in [0.2, 0.25) is 0 Å². The quantitative estimate of drug-likeness (QED) is 0.575. The first-order chi connectivity index (χ1) is 5.00. The summed E-state index contributed by atoms with van der Waals surface area (Å²) in [5, 5.41) is 0. The smallest absolute Gasteiger partial charge is 0.176 e. The van der Waals surface area contributed by atoms with Crippen LogP contribution in [0, 0.1) is 0 Å². The molecule has 0 bridgehead atoms. The van der Waals surface area contributed by atoms with Gasteiger partial charge in [0.1, 0.15) is 0 Å². The van der Waals surface area contributed by atoms with Gasteiger partial charge in [0.2, 0.25) is 0 Å². The van der Waals surface area contributed by atoms with Gasteiger partial charge in [0.25, 0.3) is 0 Å². The molecule has 0 radical (unpaired) electrons. The van der Waals surface area contributed by atoms with Crippen molar-refractivity contribution < 1.29 is 8.42 Å². The highest BCUT2D eigenvalue weighted by Crippen LogP contribution is 2.11. The van der Waals surface area contributed by atoms with E-state index in [1.807, 2.05) is 18.0 Å². The van der Waals surface area contributed by atoms with Crippen molar-refractivity contribution >= 4 is 9.84 Å². The molecule has 0 N–H and O–H groups in total. The molecule has 1 aliphatic heterocycles. The van der Waals surface area contributed by atoms with Gasteiger partial charge in [0.15, 0.2) is 9.84 Å². The highest BCUT2D eigenvalue weighted by molar-refractivity contribution is 7.94. The minimum Gasteiger partial charge on any atom is -0.376 e. The topological polar surface area (TPSA) is 37.4 Å². The number of rotatable bonds is 1. The predicted molar refractivity (Wildman–Crippen MR) is 44.7 cm³/mol. The second-order valence-corrected chi connectivity index (χ2v) is 4.66. The van der Waals surface area contributed by atoms with Crippen molar-refractivity contribution in [2.75, 3.05) is 19.8 Å². The van der Waals surface area contributed by atoms with Crippen molar-refractivity contribution in [3.63, 3.8) is 0 Å². The van der Waals surface area contributed by atoms with Crippen LogP contribution in [-0.2, 0) is 9.84 Å². The molecule has 0 atom stereocenters. The van der Waals surface area contributed by atoms with Gasteiger partial charge >= 0.3 is 0 Å². The number of hydrogen-bond donors (Lipinski definition) is 0. The molecule has 1 rings (SSSR count). The van der Waals surface area contributed by atoms with E-state index in [-0.39, 0.29) is 0 Å². The molecule has 0 aliphatic carbocycles. The molecule has 4 heteroatoms. The summed E-state index contributed by atoms with van der Waals surface area (Å²) in [7, 11) is -1.18. The number of sulfone groups is 1. The Balaban J connectivity index is 2.98. The van der Waals surface area contributed by atoms with Crippen molar-refractivity contribution in [1.29, 1.82) is 0 Å². The second kappa shape index (κ2) is 2.70. The Bertz CT molecular complexity index is 300. The lowest BCUT2D eigenvalue weighted by molar-refractivity contribution is 0.502. The molecule has 0 saturated carbocycles. The van der Waals surface area contributed by atoms with Gasteiger partial charge in [-0.2, -0.15) is 0 Å². The van der Waals surface area contributed by atoms with E-state index in [2.05, 4.69) is 0 Å². The highest BCUT2D eigenvalue weighted by Gasteiger charge is 2.10. The van der Waals surface area contributed by atoms with Crippen LogP contribution in [0.25, 0.3) is 0 Å². The fourth-order valence-electron chi connectivity index (χ4n) is 0.867. The van der Waals surface area contributed by atoms with E-state index in [0.717, 1.165) is 6.54 Å². The molecule has 0 aromatic rings. The molecule has 0 amide bonds. The second-order valence-electron chi connectivity index (χ2n) is 2.65. The van der Waals surface area contributed by atoms with Gasteiger partial charge in [0, 0.05) is 26.0 Å². The third kappa shape index (κ3) is 2.08. The van der Waals surface area contributed by atoms with Gasteiger partial charge in [-0.1, -0.05) is 6.08 Å². The Morgan fingerprint density at radius 2 is 2.18 bits per heavy atom. The molecule has 0 spiro atoms. The summed E-state index contributed by atoms with van der Waals surface area (Å²) >= 11 is 0. The average molecular weight is 173 g/mol. The van der Waals surface area contributed by atoms with E-state index in [4.69, 9.17) is 0 Å². The molecule has 1 heterocycles. The van der Waals surface area contributed by atoms with Crippen LogP contribution >= 0.6 is 0 Å². The van der Waals surface area contributed by atoms with E-state index in [0.29, 0.717) is 4.91 Å². The van der Waals surface area contributed by atoms with Gasteiger partial charge in [0.05, 0.1) is 4.91 Å². The molecule has 0 unspecified atom stereocenters. The van der Waals surface area contributed by atoms with Crippen LogP contribution < -0.4 is 0 Å². The summed E-state index contributed by atoms with van der Waals surface area (Å²) in [5.74, 6) is 0. The monoisotopic (exact) mass is 173 g/mol. The Morgan fingerprint density at radius 3 is 2.55 bits per heavy atom. The molecular weight excluding hydrogens is 162 g/mol. The summed E-state index contributed by atoms with van der Waals surface area (Å²) < 4.78 is 22.0. The van der Waals surface area contributed by atoms with Crippen molar-refractivity contribution in [3.8, 4) is 0 Å². The number of hydrogen-bond acceptors (Lipinski definition) is 3. The Hall–Kier alpha value is -0.770. The first kappa shape index (κ1) is 8.33. The molecule has 11 heavy (non-hydrogen) atoms. The molecule has 0 aromatic carbocycles. The first-order valence-electron chi connectivity index (χ1n) is 3.29. The van der Waals surface area contributed by atoms with Crippen molar-refractivity contribution in [2.45, 2.75) is 0 Å². The maximum atomic E-state index is 11.0. The average Bonchev–Trinajstić information content (AvgIpc) is 1.86. The van der Waals surface area contributed by atoms with Crippen LogP contribution in [-0.4, -0.2) is 33.2 Å². The molecular formula is C7H11NO2S. The van der Waals surface area contributed by atoms with E-state index < -0.39 is 9.84 Å². The summed E-state index contributed by atoms with van der Waals surface area (Å²) in [6, 6.07) is 0. The standard InChI is InChI=1S/C7H11NO2S/c1-8-5-3-4-7(6-8)11(2,9)10/h3-4,6H,5H2,1-2H3. The lowest BCUT2D eigenvalue weighted by Gasteiger charge is -2.16. The predicted octanol–water partition coefficient (Wildman–Crippen LogP) is 0.374. The van der Waals surface area contributed by atoms with Crippen LogP contribution in [0.1, 0.15) is 0 Å². The molecule has 62 valence electrons. The van der Waals surface area contributed by atoms with Gasteiger partial charge < -0.3 is 4.90 Å². The zero-order valence-electron chi connectivity index (χ0n) is 6.61.